The number of nitriles is 1. The summed E-state index contributed by atoms with van der Waals surface area (Å²) in [7, 11) is 2.10. The van der Waals surface area contributed by atoms with E-state index in [1.165, 1.54) is 0 Å². The van der Waals surface area contributed by atoms with Crippen LogP contribution in [0.1, 0.15) is 24.0 Å². The number of hydrogen-bond acceptors (Lipinski definition) is 4. The Labute approximate surface area is 118 Å². The summed E-state index contributed by atoms with van der Waals surface area (Å²) in [5.74, 6) is 1.06. The van der Waals surface area contributed by atoms with Crippen molar-refractivity contribution in [2.24, 2.45) is 0 Å². The summed E-state index contributed by atoms with van der Waals surface area (Å²) in [5.41, 5.74) is 2.68. The van der Waals surface area contributed by atoms with Crippen LogP contribution >= 0.6 is 0 Å². The predicted molar refractivity (Wildman–Crippen MR) is 76.9 cm³/mol. The van der Waals surface area contributed by atoms with Gasteiger partial charge in [-0.05, 0) is 25.8 Å². The fourth-order valence-corrected chi connectivity index (χ4v) is 2.94. The molecule has 1 aliphatic heterocycles. The van der Waals surface area contributed by atoms with Gasteiger partial charge in [-0.15, -0.1) is 0 Å². The first kappa shape index (κ1) is 12.9. The van der Waals surface area contributed by atoms with E-state index in [1.807, 2.05) is 19.3 Å². The molecule has 0 radical (unpaired) electrons. The van der Waals surface area contributed by atoms with Crippen LogP contribution in [0, 0.1) is 18.3 Å². The van der Waals surface area contributed by atoms with Gasteiger partial charge < -0.3 is 9.64 Å². The highest BCUT2D eigenvalue weighted by Gasteiger charge is 2.23. The zero-order chi connectivity index (χ0) is 14.1. The lowest BCUT2D eigenvalue weighted by Crippen LogP contribution is -2.38. The van der Waals surface area contributed by atoms with Crippen LogP contribution in [0.25, 0.3) is 5.52 Å². The number of ether oxygens (including phenoxy) is 1. The summed E-state index contributed by atoms with van der Waals surface area (Å²) in [6.45, 7) is 3.61. The van der Waals surface area contributed by atoms with Crippen LogP contribution in [0.2, 0.25) is 0 Å². The number of anilines is 1. The minimum Gasteiger partial charge on any atom is -0.381 e. The Balaban J connectivity index is 2.11. The molecule has 5 heteroatoms. The Bertz CT molecular complexity index is 664. The fraction of sp³-hybridized carbons (Fsp3) is 0.467. The molecule has 20 heavy (non-hydrogen) atoms. The van der Waals surface area contributed by atoms with Gasteiger partial charge in [-0.1, -0.05) is 0 Å². The van der Waals surface area contributed by atoms with Crippen LogP contribution in [-0.4, -0.2) is 35.7 Å². The minimum absolute atomic E-state index is 0.446. The molecule has 1 aliphatic rings. The Morgan fingerprint density at radius 1 is 1.45 bits per heavy atom. The molecule has 0 aliphatic carbocycles. The highest BCUT2D eigenvalue weighted by Crippen LogP contribution is 2.28. The standard InChI is InChI=1S/C15H18N4O/c1-11-12(8-16)7-14-9-17-10-19(14)15(11)18(2)13-3-5-20-6-4-13/h7,9-10,13H,3-6H2,1-2H3. The summed E-state index contributed by atoms with van der Waals surface area (Å²) < 4.78 is 7.50. The van der Waals surface area contributed by atoms with Gasteiger partial charge in [0.05, 0.1) is 23.3 Å². The summed E-state index contributed by atoms with van der Waals surface area (Å²) in [6.07, 6.45) is 5.64. The van der Waals surface area contributed by atoms with Gasteiger partial charge in [-0.3, -0.25) is 4.40 Å². The third kappa shape index (κ3) is 2.02. The van der Waals surface area contributed by atoms with Gasteiger partial charge >= 0.3 is 0 Å². The topological polar surface area (TPSA) is 53.6 Å². The maximum atomic E-state index is 9.31. The quantitative estimate of drug-likeness (QED) is 0.839. The fourth-order valence-electron chi connectivity index (χ4n) is 2.94. The molecule has 104 valence electrons. The lowest BCUT2D eigenvalue weighted by molar-refractivity contribution is 0.0853. The zero-order valence-electron chi connectivity index (χ0n) is 11.8. The van der Waals surface area contributed by atoms with E-state index in [-0.39, 0.29) is 0 Å². The Morgan fingerprint density at radius 3 is 2.90 bits per heavy atom. The molecule has 2 aromatic heterocycles. The second kappa shape index (κ2) is 5.14. The van der Waals surface area contributed by atoms with Gasteiger partial charge in [-0.25, -0.2) is 4.98 Å². The van der Waals surface area contributed by atoms with Crippen molar-refractivity contribution in [3.8, 4) is 6.07 Å². The molecule has 3 heterocycles. The van der Waals surface area contributed by atoms with Crippen LogP contribution in [0.15, 0.2) is 18.6 Å². The summed E-state index contributed by atoms with van der Waals surface area (Å²) in [6, 6.07) is 4.62. The lowest BCUT2D eigenvalue weighted by atomic mass is 10.1. The second-order valence-corrected chi connectivity index (χ2v) is 5.26. The van der Waals surface area contributed by atoms with E-state index in [4.69, 9.17) is 4.74 Å². The average molecular weight is 270 g/mol. The average Bonchev–Trinajstić information content (AvgIpc) is 2.94. The van der Waals surface area contributed by atoms with Gasteiger partial charge in [0.1, 0.15) is 12.1 Å². The molecule has 0 amide bonds. The Kier molecular flexibility index (Phi) is 3.33. The molecular formula is C15H18N4O. The maximum absolute atomic E-state index is 9.31. The van der Waals surface area contributed by atoms with E-state index in [2.05, 4.69) is 27.4 Å². The molecule has 0 saturated carbocycles. The van der Waals surface area contributed by atoms with Crippen molar-refractivity contribution in [1.29, 1.82) is 5.26 Å². The van der Waals surface area contributed by atoms with Crippen molar-refractivity contribution >= 4 is 11.3 Å². The first-order valence-corrected chi connectivity index (χ1v) is 6.88. The van der Waals surface area contributed by atoms with Gasteiger partial charge in [0.25, 0.3) is 0 Å². The van der Waals surface area contributed by atoms with E-state index in [9.17, 15) is 5.26 Å². The first-order valence-electron chi connectivity index (χ1n) is 6.88. The molecule has 5 nitrogen and oxygen atoms in total. The Morgan fingerprint density at radius 2 is 2.20 bits per heavy atom. The summed E-state index contributed by atoms with van der Waals surface area (Å²) in [4.78, 5) is 6.48. The molecule has 0 spiro atoms. The van der Waals surface area contributed by atoms with Crippen molar-refractivity contribution < 1.29 is 4.74 Å². The minimum atomic E-state index is 0.446. The number of fused-ring (bicyclic) bond motifs is 1. The van der Waals surface area contributed by atoms with Crippen LogP contribution in [-0.2, 0) is 4.74 Å². The Hall–Kier alpha value is -2.06. The molecule has 1 saturated heterocycles. The molecular weight excluding hydrogens is 252 g/mol. The molecule has 1 fully saturated rings. The van der Waals surface area contributed by atoms with E-state index in [0.717, 1.165) is 43.0 Å². The van der Waals surface area contributed by atoms with Crippen molar-refractivity contribution in [1.82, 2.24) is 9.38 Å². The van der Waals surface area contributed by atoms with Crippen molar-refractivity contribution in [2.75, 3.05) is 25.2 Å². The maximum Gasteiger partial charge on any atom is 0.118 e. The molecule has 0 bridgehead atoms. The highest BCUT2D eigenvalue weighted by molar-refractivity contribution is 5.65. The van der Waals surface area contributed by atoms with Crippen LogP contribution in [0.3, 0.4) is 0 Å². The number of pyridine rings is 1. The summed E-state index contributed by atoms with van der Waals surface area (Å²) in [5, 5.41) is 9.31. The number of nitrogens with zero attached hydrogens (tertiary/aromatic N) is 4. The highest BCUT2D eigenvalue weighted by atomic mass is 16.5. The number of hydrogen-bond donors (Lipinski definition) is 0. The molecule has 3 rings (SSSR count). The van der Waals surface area contributed by atoms with E-state index < -0.39 is 0 Å². The third-order valence-electron chi connectivity index (χ3n) is 4.12. The van der Waals surface area contributed by atoms with Crippen LogP contribution in [0.4, 0.5) is 5.82 Å². The smallest absolute Gasteiger partial charge is 0.118 e. The monoisotopic (exact) mass is 270 g/mol. The predicted octanol–water partition coefficient (Wildman–Crippen LogP) is 2.13. The number of aromatic nitrogens is 2. The van der Waals surface area contributed by atoms with Gasteiger partial charge in [-0.2, -0.15) is 5.26 Å². The SMILES string of the molecule is Cc1c(C#N)cc2cncn2c1N(C)C1CCOCC1. The van der Waals surface area contributed by atoms with Crippen LogP contribution < -0.4 is 4.90 Å². The van der Waals surface area contributed by atoms with Crippen molar-refractivity contribution in [2.45, 2.75) is 25.8 Å². The number of imidazole rings is 1. The number of rotatable bonds is 2. The van der Waals surface area contributed by atoms with E-state index in [1.54, 1.807) is 6.20 Å². The van der Waals surface area contributed by atoms with Crippen molar-refractivity contribution in [3.63, 3.8) is 0 Å². The molecule has 2 aromatic rings. The summed E-state index contributed by atoms with van der Waals surface area (Å²) >= 11 is 0. The third-order valence-corrected chi connectivity index (χ3v) is 4.12. The lowest BCUT2D eigenvalue weighted by Gasteiger charge is -2.34. The van der Waals surface area contributed by atoms with Crippen molar-refractivity contribution in [3.05, 3.63) is 29.7 Å². The van der Waals surface area contributed by atoms with Gasteiger partial charge in [0.2, 0.25) is 0 Å². The molecule has 0 unspecified atom stereocenters. The van der Waals surface area contributed by atoms with Gasteiger partial charge in [0, 0.05) is 31.9 Å². The van der Waals surface area contributed by atoms with Gasteiger partial charge in [0.15, 0.2) is 0 Å². The second-order valence-electron chi connectivity index (χ2n) is 5.26. The molecule has 0 atom stereocenters. The molecule has 0 N–H and O–H groups in total. The zero-order valence-corrected chi connectivity index (χ0v) is 11.8. The first-order chi connectivity index (χ1) is 9.72. The van der Waals surface area contributed by atoms with Crippen LogP contribution in [0.5, 0.6) is 0 Å². The largest absolute Gasteiger partial charge is 0.381 e. The van der Waals surface area contributed by atoms with E-state index in [0.29, 0.717) is 11.6 Å². The van der Waals surface area contributed by atoms with E-state index >= 15 is 0 Å². The molecule has 0 aromatic carbocycles. The normalized spacial score (nSPS) is 16.2.